The third kappa shape index (κ3) is 4.87. The minimum Gasteiger partial charge on any atom is -0.487 e. The van der Waals surface area contributed by atoms with E-state index >= 15 is 0 Å². The number of anilines is 1. The first-order valence-corrected chi connectivity index (χ1v) is 11.8. The minimum atomic E-state index is -1.06. The van der Waals surface area contributed by atoms with Gasteiger partial charge in [-0.05, 0) is 74.8 Å². The Morgan fingerprint density at radius 2 is 1.73 bits per heavy atom. The molecule has 178 valence electrons. The van der Waals surface area contributed by atoms with Crippen molar-refractivity contribution in [2.45, 2.75) is 90.7 Å². The van der Waals surface area contributed by atoms with Crippen molar-refractivity contribution in [2.75, 3.05) is 4.90 Å². The van der Waals surface area contributed by atoms with Gasteiger partial charge in [0.2, 0.25) is 0 Å². The number of aliphatic hydroxyl groups excluding tert-OH is 2. The molecule has 0 saturated heterocycles. The number of hydrogen-bond acceptors (Lipinski definition) is 5. The van der Waals surface area contributed by atoms with E-state index in [9.17, 15) is 15.0 Å². The molecule has 2 atom stereocenters. The van der Waals surface area contributed by atoms with Gasteiger partial charge in [-0.2, -0.15) is 0 Å². The maximum atomic E-state index is 10.8. The number of aliphatic hydroxyl groups is 2. The lowest BCUT2D eigenvalue weighted by Gasteiger charge is -2.27. The summed E-state index contributed by atoms with van der Waals surface area (Å²) < 4.78 is 6.41. The van der Waals surface area contributed by atoms with Crippen LogP contribution in [0.4, 0.5) is 5.69 Å². The van der Waals surface area contributed by atoms with E-state index in [4.69, 9.17) is 9.84 Å². The summed E-state index contributed by atoms with van der Waals surface area (Å²) in [7, 11) is 0. The highest BCUT2D eigenvalue weighted by atomic mass is 16.5. The van der Waals surface area contributed by atoms with E-state index in [1.165, 1.54) is 33.5 Å². The minimum absolute atomic E-state index is 0.0556. The maximum Gasteiger partial charge on any atom is 0.305 e. The molecule has 2 aromatic rings. The maximum absolute atomic E-state index is 10.8. The van der Waals surface area contributed by atoms with Crippen LogP contribution in [-0.2, 0) is 30.7 Å². The van der Waals surface area contributed by atoms with Crippen LogP contribution in [0.5, 0.6) is 5.75 Å². The number of aliphatic carboxylic acids is 1. The molecule has 3 N–H and O–H groups in total. The van der Waals surface area contributed by atoms with Crippen LogP contribution < -0.4 is 9.64 Å². The summed E-state index contributed by atoms with van der Waals surface area (Å²) in [6.07, 6.45) is -0.224. The van der Waals surface area contributed by atoms with Crippen LogP contribution in [0.25, 0.3) is 0 Å². The number of carboxylic acids is 1. The molecule has 2 aliphatic heterocycles. The van der Waals surface area contributed by atoms with Gasteiger partial charge in [0.05, 0.1) is 18.6 Å². The topological polar surface area (TPSA) is 90.2 Å². The van der Waals surface area contributed by atoms with E-state index in [0.29, 0.717) is 12.8 Å². The molecule has 0 amide bonds. The Kier molecular flexibility index (Phi) is 6.43. The van der Waals surface area contributed by atoms with Crippen LogP contribution in [0.2, 0.25) is 0 Å². The molecule has 2 unspecified atom stereocenters. The fourth-order valence-electron chi connectivity index (χ4n) is 5.46. The van der Waals surface area contributed by atoms with Crippen molar-refractivity contribution in [3.8, 4) is 5.75 Å². The molecule has 33 heavy (non-hydrogen) atoms. The Hall–Kier alpha value is -2.57. The molecule has 6 nitrogen and oxygen atoms in total. The molecular formula is C27H35NO5. The van der Waals surface area contributed by atoms with Gasteiger partial charge >= 0.3 is 5.97 Å². The van der Waals surface area contributed by atoms with E-state index in [-0.39, 0.29) is 18.4 Å². The first-order chi connectivity index (χ1) is 15.6. The van der Waals surface area contributed by atoms with E-state index in [2.05, 4.69) is 56.9 Å². The van der Waals surface area contributed by atoms with Gasteiger partial charge in [-0.1, -0.05) is 24.3 Å². The molecule has 6 heteroatoms. The molecule has 0 fully saturated rings. The van der Waals surface area contributed by atoms with Gasteiger partial charge in [-0.15, -0.1) is 0 Å². The molecule has 2 aromatic carbocycles. The van der Waals surface area contributed by atoms with Crippen molar-refractivity contribution in [3.05, 3.63) is 57.6 Å². The number of ether oxygens (including phenoxy) is 1. The zero-order valence-corrected chi connectivity index (χ0v) is 20.0. The third-order valence-electron chi connectivity index (χ3n) is 6.98. The number of nitrogens with zero attached hydrogens (tertiary/aromatic N) is 1. The molecule has 0 bridgehead atoms. The van der Waals surface area contributed by atoms with Gasteiger partial charge in [0.1, 0.15) is 11.4 Å². The Morgan fingerprint density at radius 3 is 2.33 bits per heavy atom. The number of carbonyl (C=O) groups is 1. The van der Waals surface area contributed by atoms with Gasteiger partial charge in [0.25, 0.3) is 0 Å². The fraction of sp³-hybridized carbons (Fsp3) is 0.519. The summed E-state index contributed by atoms with van der Waals surface area (Å²) in [5, 5.41) is 29.2. The summed E-state index contributed by atoms with van der Waals surface area (Å²) in [5.74, 6) is -0.123. The van der Waals surface area contributed by atoms with Crippen LogP contribution in [0.3, 0.4) is 0 Å². The Labute approximate surface area is 195 Å². The van der Waals surface area contributed by atoms with E-state index in [1.807, 2.05) is 0 Å². The highest BCUT2D eigenvalue weighted by Crippen LogP contribution is 2.47. The lowest BCUT2D eigenvalue weighted by molar-refractivity contribution is -0.139. The predicted molar refractivity (Wildman–Crippen MR) is 128 cm³/mol. The standard InChI is InChI=1S/C27H35NO5/c1-16-22(10-9-20(29)11-21(30)12-24(31)32)26-23(13-27(3,4)33-26)17(2)25(16)28-14-18-7-5-6-8-19(18)15-28/h5-8,20-21,29-30H,9-15H2,1-4H3,(H,31,32). The first kappa shape index (κ1) is 23.6. The van der Waals surface area contributed by atoms with E-state index in [0.717, 1.165) is 30.8 Å². The smallest absolute Gasteiger partial charge is 0.305 e. The SMILES string of the molecule is Cc1c(CCC(O)CC(O)CC(=O)O)c2c(c(C)c1N1Cc3ccccc3C1)CC(C)(C)O2. The summed E-state index contributed by atoms with van der Waals surface area (Å²) in [6, 6.07) is 8.57. The number of rotatable bonds is 8. The van der Waals surface area contributed by atoms with Crippen LogP contribution in [-0.4, -0.2) is 39.1 Å². The molecule has 0 aliphatic carbocycles. The van der Waals surface area contributed by atoms with Crippen molar-refractivity contribution in [3.63, 3.8) is 0 Å². The second kappa shape index (κ2) is 8.99. The van der Waals surface area contributed by atoms with Crippen molar-refractivity contribution < 1.29 is 24.9 Å². The van der Waals surface area contributed by atoms with Crippen molar-refractivity contribution in [2.24, 2.45) is 0 Å². The zero-order chi connectivity index (χ0) is 23.9. The molecule has 2 aliphatic rings. The Bertz CT molecular complexity index is 1040. The van der Waals surface area contributed by atoms with Crippen LogP contribution >= 0.6 is 0 Å². The zero-order valence-electron chi connectivity index (χ0n) is 20.0. The second-order valence-electron chi connectivity index (χ2n) is 10.2. The highest BCUT2D eigenvalue weighted by molar-refractivity contribution is 5.71. The summed E-state index contributed by atoms with van der Waals surface area (Å²) in [6.45, 7) is 10.3. The van der Waals surface area contributed by atoms with E-state index < -0.39 is 18.2 Å². The van der Waals surface area contributed by atoms with Crippen molar-refractivity contribution in [1.29, 1.82) is 0 Å². The monoisotopic (exact) mass is 453 g/mol. The quantitative estimate of drug-likeness (QED) is 0.559. The van der Waals surface area contributed by atoms with Crippen LogP contribution in [0.1, 0.15) is 66.5 Å². The molecule has 0 saturated carbocycles. The number of benzene rings is 2. The lowest BCUT2D eigenvalue weighted by Crippen LogP contribution is -2.25. The molecule has 2 heterocycles. The number of hydrogen-bond donors (Lipinski definition) is 3. The number of fused-ring (bicyclic) bond motifs is 2. The Balaban J connectivity index is 1.62. The van der Waals surface area contributed by atoms with E-state index in [1.54, 1.807) is 0 Å². The van der Waals surface area contributed by atoms with Gasteiger partial charge < -0.3 is 25.0 Å². The van der Waals surface area contributed by atoms with Gasteiger partial charge in [0.15, 0.2) is 0 Å². The van der Waals surface area contributed by atoms with Crippen molar-refractivity contribution >= 4 is 11.7 Å². The first-order valence-electron chi connectivity index (χ1n) is 11.8. The summed E-state index contributed by atoms with van der Waals surface area (Å²) in [4.78, 5) is 13.3. The molecule has 0 aromatic heterocycles. The van der Waals surface area contributed by atoms with Crippen LogP contribution in [0.15, 0.2) is 24.3 Å². The van der Waals surface area contributed by atoms with Gasteiger partial charge in [-0.3, -0.25) is 4.79 Å². The third-order valence-corrected chi connectivity index (χ3v) is 6.98. The second-order valence-corrected chi connectivity index (χ2v) is 10.2. The molecule has 0 radical (unpaired) electrons. The van der Waals surface area contributed by atoms with Gasteiger partial charge in [-0.25, -0.2) is 0 Å². The average molecular weight is 454 g/mol. The van der Waals surface area contributed by atoms with Crippen molar-refractivity contribution in [1.82, 2.24) is 0 Å². The normalized spacial score (nSPS) is 17.9. The number of carboxylic acid groups (broad SMARTS) is 1. The molecule has 0 spiro atoms. The molecular weight excluding hydrogens is 418 g/mol. The Morgan fingerprint density at radius 1 is 1.09 bits per heavy atom. The summed E-state index contributed by atoms with van der Waals surface area (Å²) >= 11 is 0. The highest BCUT2D eigenvalue weighted by Gasteiger charge is 2.36. The summed E-state index contributed by atoms with van der Waals surface area (Å²) in [5.41, 5.74) is 8.48. The average Bonchev–Trinajstić information content (AvgIpc) is 3.27. The van der Waals surface area contributed by atoms with Gasteiger partial charge in [0, 0.05) is 30.8 Å². The molecule has 4 rings (SSSR count). The fourth-order valence-corrected chi connectivity index (χ4v) is 5.46. The van der Waals surface area contributed by atoms with Crippen LogP contribution in [0, 0.1) is 13.8 Å². The predicted octanol–water partition coefficient (Wildman–Crippen LogP) is 4.06. The lowest BCUT2D eigenvalue weighted by atomic mass is 9.89. The largest absolute Gasteiger partial charge is 0.487 e.